The molecule has 0 aliphatic carbocycles. The van der Waals surface area contributed by atoms with E-state index in [1.165, 1.54) is 38.5 Å². The summed E-state index contributed by atoms with van der Waals surface area (Å²) in [6.45, 7) is 4.26. The van der Waals surface area contributed by atoms with Gasteiger partial charge in [0.25, 0.3) is 0 Å². The number of ether oxygens (including phenoxy) is 2. The summed E-state index contributed by atoms with van der Waals surface area (Å²) in [5.41, 5.74) is 0. The summed E-state index contributed by atoms with van der Waals surface area (Å²) in [6.07, 6.45) is 43.7. The Balaban J connectivity index is 4.53. The third-order valence-corrected chi connectivity index (χ3v) is 9.32. The highest BCUT2D eigenvalue weighted by Crippen LogP contribution is 2.43. The van der Waals surface area contributed by atoms with Crippen molar-refractivity contribution >= 4 is 19.8 Å². The topological polar surface area (TPSA) is 108 Å². The van der Waals surface area contributed by atoms with E-state index < -0.39 is 32.5 Å². The second-order valence-electron chi connectivity index (χ2n) is 14.8. The molecule has 54 heavy (non-hydrogen) atoms. The summed E-state index contributed by atoms with van der Waals surface area (Å²) >= 11 is 0. The summed E-state index contributed by atoms with van der Waals surface area (Å²) in [4.78, 5) is 35.3. The van der Waals surface area contributed by atoms with E-state index in [0.717, 1.165) is 64.2 Å². The van der Waals surface area contributed by atoms with Gasteiger partial charge >= 0.3 is 19.8 Å². The quantitative estimate of drug-likeness (QED) is 0.0220. The first kappa shape index (κ1) is 51.5. The van der Waals surface area contributed by atoms with Crippen molar-refractivity contribution in [2.75, 3.05) is 47.5 Å². The van der Waals surface area contributed by atoms with Crippen LogP contribution in [0.15, 0.2) is 72.9 Å². The molecule has 0 aromatic carbocycles. The molecule has 310 valence electrons. The number of likely N-dealkylation sites (N-methyl/N-ethyl adjacent to an activating group) is 1. The number of quaternary nitrogens is 1. The van der Waals surface area contributed by atoms with E-state index in [-0.39, 0.29) is 26.1 Å². The highest BCUT2D eigenvalue weighted by atomic mass is 31.2. The maximum Gasteiger partial charge on any atom is 0.472 e. The van der Waals surface area contributed by atoms with Crippen molar-refractivity contribution in [3.05, 3.63) is 72.9 Å². The Morgan fingerprint density at radius 2 is 1.00 bits per heavy atom. The minimum absolute atomic E-state index is 0.0178. The van der Waals surface area contributed by atoms with E-state index in [1.54, 1.807) is 0 Å². The van der Waals surface area contributed by atoms with Gasteiger partial charge in [-0.15, -0.1) is 0 Å². The van der Waals surface area contributed by atoms with Crippen LogP contribution in [0.1, 0.15) is 142 Å². The highest BCUT2D eigenvalue weighted by molar-refractivity contribution is 7.47. The molecule has 1 N–H and O–H groups in total. The van der Waals surface area contributed by atoms with Crippen LogP contribution in [0.2, 0.25) is 0 Å². The van der Waals surface area contributed by atoms with Crippen LogP contribution in [-0.2, 0) is 32.7 Å². The molecule has 0 rings (SSSR count). The van der Waals surface area contributed by atoms with Gasteiger partial charge in [-0.25, -0.2) is 4.57 Å². The summed E-state index contributed by atoms with van der Waals surface area (Å²) in [7, 11) is 1.43. The number of carbonyl (C=O) groups excluding carboxylic acids is 2. The van der Waals surface area contributed by atoms with E-state index in [0.29, 0.717) is 23.9 Å². The average Bonchev–Trinajstić information content (AvgIpc) is 3.12. The second-order valence-corrected chi connectivity index (χ2v) is 16.2. The zero-order valence-electron chi connectivity index (χ0n) is 34.7. The third-order valence-electron chi connectivity index (χ3n) is 8.33. The first-order valence-corrected chi connectivity index (χ1v) is 22.2. The van der Waals surface area contributed by atoms with Crippen LogP contribution in [0, 0.1) is 0 Å². The Bertz CT molecular complexity index is 1150. The van der Waals surface area contributed by atoms with Crippen molar-refractivity contribution in [2.24, 2.45) is 0 Å². The van der Waals surface area contributed by atoms with Crippen molar-refractivity contribution in [3.8, 4) is 0 Å². The summed E-state index contributed by atoms with van der Waals surface area (Å²) in [6, 6.07) is 0. The molecule has 0 saturated carbocycles. The number of phosphoric acid groups is 1. The minimum Gasteiger partial charge on any atom is -0.462 e. The number of esters is 2. The van der Waals surface area contributed by atoms with Crippen molar-refractivity contribution in [3.63, 3.8) is 0 Å². The van der Waals surface area contributed by atoms with Gasteiger partial charge in [0.2, 0.25) is 0 Å². The highest BCUT2D eigenvalue weighted by Gasteiger charge is 2.27. The molecule has 0 saturated heterocycles. The molecule has 9 nitrogen and oxygen atoms in total. The van der Waals surface area contributed by atoms with Crippen molar-refractivity contribution < 1.29 is 42.1 Å². The van der Waals surface area contributed by atoms with Gasteiger partial charge in [0.05, 0.1) is 27.7 Å². The molecule has 0 amide bonds. The standard InChI is InChI=1S/C44H76NO8P/c1-6-8-10-12-14-16-18-20-22-24-26-28-30-32-34-36-43(46)50-40-42(41-52-54(48,49)51-39-38-45(3,4)5)53-44(47)37-35-33-31-29-27-25-23-21-19-17-15-13-11-9-7-2/h14-25,42H,6-13,26-41H2,1-5H3/p+1/t42-/m1/s1. The van der Waals surface area contributed by atoms with Gasteiger partial charge in [0.15, 0.2) is 6.10 Å². The van der Waals surface area contributed by atoms with E-state index in [9.17, 15) is 19.0 Å². The lowest BCUT2D eigenvalue weighted by molar-refractivity contribution is -0.870. The fourth-order valence-electron chi connectivity index (χ4n) is 5.01. The van der Waals surface area contributed by atoms with Crippen LogP contribution in [0.5, 0.6) is 0 Å². The number of nitrogens with zero attached hydrogens (tertiary/aromatic N) is 1. The number of hydrogen-bond acceptors (Lipinski definition) is 7. The second kappa shape index (κ2) is 36.1. The third kappa shape index (κ3) is 39.2. The van der Waals surface area contributed by atoms with Crippen molar-refractivity contribution in [1.29, 1.82) is 0 Å². The summed E-state index contributed by atoms with van der Waals surface area (Å²) in [5, 5.41) is 0. The van der Waals surface area contributed by atoms with Gasteiger partial charge in [-0.3, -0.25) is 18.6 Å². The number of allylic oxidation sites excluding steroid dienone is 12. The Morgan fingerprint density at radius 3 is 1.44 bits per heavy atom. The van der Waals surface area contributed by atoms with Gasteiger partial charge in [-0.1, -0.05) is 138 Å². The number of phosphoric ester groups is 1. The number of carbonyl (C=O) groups is 2. The van der Waals surface area contributed by atoms with Crippen molar-refractivity contribution in [1.82, 2.24) is 0 Å². The van der Waals surface area contributed by atoms with Crippen LogP contribution in [0.3, 0.4) is 0 Å². The molecule has 1 unspecified atom stereocenters. The lowest BCUT2D eigenvalue weighted by Crippen LogP contribution is -2.37. The molecule has 0 radical (unpaired) electrons. The molecule has 0 aliphatic rings. The van der Waals surface area contributed by atoms with Gasteiger partial charge in [-0.2, -0.15) is 0 Å². The largest absolute Gasteiger partial charge is 0.472 e. The Kier molecular flexibility index (Phi) is 34.4. The predicted octanol–water partition coefficient (Wildman–Crippen LogP) is 11.5. The number of hydrogen-bond donors (Lipinski definition) is 1. The van der Waals surface area contributed by atoms with E-state index >= 15 is 0 Å². The fourth-order valence-corrected chi connectivity index (χ4v) is 5.76. The van der Waals surface area contributed by atoms with Gasteiger partial charge < -0.3 is 18.9 Å². The number of unbranched alkanes of at least 4 members (excludes halogenated alkanes) is 14. The number of rotatable bonds is 36. The van der Waals surface area contributed by atoms with Gasteiger partial charge in [-0.05, 0) is 64.2 Å². The summed E-state index contributed by atoms with van der Waals surface area (Å²) in [5.74, 6) is -0.867. The maximum atomic E-state index is 12.6. The molecule has 0 fully saturated rings. The minimum atomic E-state index is -4.39. The van der Waals surface area contributed by atoms with Crippen LogP contribution in [-0.4, -0.2) is 74.9 Å². The lowest BCUT2D eigenvalue weighted by atomic mass is 10.1. The zero-order valence-corrected chi connectivity index (χ0v) is 35.6. The normalized spacial score (nSPS) is 14.4. The molecular weight excluding hydrogens is 701 g/mol. The molecule has 10 heteroatoms. The first-order valence-electron chi connectivity index (χ1n) is 20.7. The molecule has 0 aliphatic heterocycles. The Morgan fingerprint density at radius 1 is 0.574 bits per heavy atom. The van der Waals surface area contributed by atoms with Crippen LogP contribution in [0.25, 0.3) is 0 Å². The van der Waals surface area contributed by atoms with Gasteiger partial charge in [0, 0.05) is 12.8 Å². The Labute approximate surface area is 329 Å². The summed E-state index contributed by atoms with van der Waals surface area (Å²) < 4.78 is 34.2. The smallest absolute Gasteiger partial charge is 0.462 e. The Hall–Kier alpha value is -2.55. The van der Waals surface area contributed by atoms with E-state index in [4.69, 9.17) is 18.5 Å². The molecule has 0 spiro atoms. The molecule has 0 heterocycles. The zero-order chi connectivity index (χ0) is 40.0. The van der Waals surface area contributed by atoms with E-state index in [1.807, 2.05) is 27.2 Å². The fraction of sp³-hybridized carbons (Fsp3) is 0.682. The van der Waals surface area contributed by atoms with Crippen LogP contribution >= 0.6 is 7.82 Å². The molecule has 0 bridgehead atoms. The monoisotopic (exact) mass is 779 g/mol. The van der Waals surface area contributed by atoms with Crippen LogP contribution in [0.4, 0.5) is 0 Å². The SMILES string of the molecule is CCCCCC=CC=CC=CCCCCCCC(=O)OC[C@H](COP(=O)(O)OCC[N+](C)(C)C)OC(=O)CCCCCCC=CC=CC=CCCCCC. The van der Waals surface area contributed by atoms with Crippen LogP contribution < -0.4 is 0 Å². The predicted molar refractivity (Wildman–Crippen MR) is 224 cm³/mol. The van der Waals surface area contributed by atoms with E-state index in [2.05, 4.69) is 80.7 Å². The molecule has 0 aromatic heterocycles. The first-order chi connectivity index (χ1) is 26.0. The van der Waals surface area contributed by atoms with Gasteiger partial charge in [0.1, 0.15) is 19.8 Å². The van der Waals surface area contributed by atoms with Crippen molar-refractivity contribution in [2.45, 2.75) is 148 Å². The lowest BCUT2D eigenvalue weighted by Gasteiger charge is -2.24. The molecule has 0 aromatic rings. The maximum absolute atomic E-state index is 12.6. The molecular formula is C44H77NO8P+. The average molecular weight is 779 g/mol. The molecule has 2 atom stereocenters.